The second-order valence-electron chi connectivity index (χ2n) is 8.31. The summed E-state index contributed by atoms with van der Waals surface area (Å²) >= 11 is 0. The number of benzene rings is 4. The summed E-state index contributed by atoms with van der Waals surface area (Å²) in [6, 6.07) is 18.7. The van der Waals surface area contributed by atoms with Gasteiger partial charge in [-0.15, -0.1) is 0 Å². The molecule has 3 atom stereocenters. The molecule has 0 bridgehead atoms. The Balaban J connectivity index is 1.58. The number of rotatable bonds is 3. The molecule has 0 aliphatic carbocycles. The van der Waals surface area contributed by atoms with Gasteiger partial charge < -0.3 is 20.7 Å². The molecule has 1 aliphatic rings. The zero-order chi connectivity index (χ0) is 22.0. The van der Waals surface area contributed by atoms with Crippen LogP contribution in [0.15, 0.2) is 65.6 Å². The van der Waals surface area contributed by atoms with E-state index in [-0.39, 0.29) is 18.8 Å². The number of nitrogens with two attached hydrogens (primary N) is 1. The third-order valence-electron chi connectivity index (χ3n) is 6.49. The van der Waals surface area contributed by atoms with Gasteiger partial charge in [-0.25, -0.2) is 4.79 Å². The maximum atomic E-state index is 12.6. The summed E-state index contributed by atoms with van der Waals surface area (Å²) in [7, 11) is 0. The van der Waals surface area contributed by atoms with Crippen LogP contribution in [0.1, 0.15) is 12.6 Å². The van der Waals surface area contributed by atoms with Gasteiger partial charge in [-0.3, -0.25) is 4.57 Å². The minimum Gasteiger partial charge on any atom is -0.394 e. The normalized spacial score (nSPS) is 21.2. The van der Waals surface area contributed by atoms with Crippen LogP contribution in [0.4, 0.5) is 5.82 Å². The van der Waals surface area contributed by atoms with E-state index in [2.05, 4.69) is 53.5 Å². The van der Waals surface area contributed by atoms with E-state index in [1.54, 1.807) is 6.20 Å². The van der Waals surface area contributed by atoms with E-state index in [0.29, 0.717) is 5.56 Å². The lowest BCUT2D eigenvalue weighted by atomic mass is 9.90. The van der Waals surface area contributed by atoms with Crippen LogP contribution in [-0.4, -0.2) is 38.6 Å². The number of aromatic nitrogens is 2. The SMILES string of the molecule is Nc1nc(=O)n([C@H]2C[C@H](O)[C@@H](CO)O2)cc1-c1ccc2ccc3cccc4ccc1c2c34. The summed E-state index contributed by atoms with van der Waals surface area (Å²) in [5.41, 5.74) is 7.15. The minimum atomic E-state index is -0.854. The number of anilines is 1. The molecule has 5 aromatic rings. The van der Waals surface area contributed by atoms with Gasteiger partial charge in [-0.1, -0.05) is 54.6 Å². The van der Waals surface area contributed by atoms with Gasteiger partial charge in [0.25, 0.3) is 0 Å². The maximum absolute atomic E-state index is 12.6. The highest BCUT2D eigenvalue weighted by atomic mass is 16.5. The molecule has 160 valence electrons. The van der Waals surface area contributed by atoms with Crippen LogP contribution < -0.4 is 11.4 Å². The van der Waals surface area contributed by atoms with E-state index >= 15 is 0 Å². The van der Waals surface area contributed by atoms with Crippen LogP contribution in [0.2, 0.25) is 0 Å². The average Bonchev–Trinajstić information content (AvgIpc) is 3.18. The molecule has 0 saturated carbocycles. The minimum absolute atomic E-state index is 0.138. The van der Waals surface area contributed by atoms with Crippen LogP contribution >= 0.6 is 0 Å². The number of nitrogens with zero attached hydrogens (tertiary/aromatic N) is 2. The molecule has 4 aromatic carbocycles. The number of aliphatic hydroxyl groups excluding tert-OH is 2. The quantitative estimate of drug-likeness (QED) is 0.382. The Labute approximate surface area is 182 Å². The maximum Gasteiger partial charge on any atom is 0.351 e. The zero-order valence-electron chi connectivity index (χ0n) is 17.1. The van der Waals surface area contributed by atoms with E-state index < -0.39 is 24.1 Å². The summed E-state index contributed by atoms with van der Waals surface area (Å²) in [5, 5.41) is 26.3. The fraction of sp³-hybridized carbons (Fsp3) is 0.200. The molecule has 1 fully saturated rings. The van der Waals surface area contributed by atoms with Gasteiger partial charge >= 0.3 is 5.69 Å². The van der Waals surface area contributed by atoms with Crippen molar-refractivity contribution in [3.8, 4) is 11.1 Å². The summed E-state index contributed by atoms with van der Waals surface area (Å²) in [4.78, 5) is 16.6. The van der Waals surface area contributed by atoms with Crippen molar-refractivity contribution in [2.75, 3.05) is 12.3 Å². The van der Waals surface area contributed by atoms with Crippen LogP contribution in [0.25, 0.3) is 43.4 Å². The summed E-state index contributed by atoms with van der Waals surface area (Å²) in [5.74, 6) is 0.138. The number of aliphatic hydroxyl groups is 2. The Hall–Kier alpha value is -3.52. The van der Waals surface area contributed by atoms with Gasteiger partial charge in [0, 0.05) is 18.2 Å². The lowest BCUT2D eigenvalue weighted by molar-refractivity contribution is -0.0458. The number of nitrogen functional groups attached to an aromatic ring is 1. The number of hydrogen-bond acceptors (Lipinski definition) is 6. The lowest BCUT2D eigenvalue weighted by Crippen LogP contribution is -2.28. The van der Waals surface area contributed by atoms with Crippen molar-refractivity contribution in [1.82, 2.24) is 9.55 Å². The summed E-state index contributed by atoms with van der Waals surface area (Å²) < 4.78 is 7.03. The second kappa shape index (κ2) is 7.00. The Bertz CT molecular complexity index is 1530. The first-order valence-corrected chi connectivity index (χ1v) is 10.5. The fourth-order valence-corrected chi connectivity index (χ4v) is 4.92. The molecule has 0 unspecified atom stereocenters. The van der Waals surface area contributed by atoms with Gasteiger partial charge in [0.15, 0.2) is 0 Å². The molecular weight excluding hydrogens is 406 g/mol. The summed E-state index contributed by atoms with van der Waals surface area (Å²) in [6.07, 6.45) is -0.473. The first-order valence-electron chi connectivity index (χ1n) is 10.5. The van der Waals surface area contributed by atoms with Gasteiger partial charge in [0.1, 0.15) is 18.1 Å². The number of hydrogen-bond donors (Lipinski definition) is 3. The third-order valence-corrected chi connectivity index (χ3v) is 6.49. The molecule has 7 nitrogen and oxygen atoms in total. The van der Waals surface area contributed by atoms with E-state index in [1.165, 1.54) is 9.95 Å². The number of ether oxygens (including phenoxy) is 1. The topological polar surface area (TPSA) is 111 Å². The van der Waals surface area contributed by atoms with Crippen molar-refractivity contribution in [3.63, 3.8) is 0 Å². The average molecular weight is 427 g/mol. The highest BCUT2D eigenvalue weighted by Crippen LogP contribution is 2.40. The molecule has 1 saturated heterocycles. The van der Waals surface area contributed by atoms with E-state index in [9.17, 15) is 15.0 Å². The van der Waals surface area contributed by atoms with Crippen molar-refractivity contribution in [2.45, 2.75) is 24.9 Å². The predicted molar refractivity (Wildman–Crippen MR) is 124 cm³/mol. The molecule has 0 amide bonds. The molecule has 32 heavy (non-hydrogen) atoms. The molecule has 0 spiro atoms. The Kier molecular flexibility index (Phi) is 4.19. The molecule has 2 heterocycles. The predicted octanol–water partition coefficient (Wildman–Crippen LogP) is 3.03. The highest BCUT2D eigenvalue weighted by Gasteiger charge is 2.35. The van der Waals surface area contributed by atoms with Gasteiger partial charge in [-0.05, 0) is 37.9 Å². The van der Waals surface area contributed by atoms with E-state index in [0.717, 1.165) is 32.5 Å². The molecule has 4 N–H and O–H groups in total. The van der Waals surface area contributed by atoms with Crippen LogP contribution in [0, 0.1) is 0 Å². The Morgan fingerprint density at radius 1 is 1.00 bits per heavy atom. The van der Waals surface area contributed by atoms with Crippen molar-refractivity contribution in [3.05, 3.63) is 71.3 Å². The van der Waals surface area contributed by atoms with Gasteiger partial charge in [-0.2, -0.15) is 4.98 Å². The first kappa shape index (κ1) is 19.2. The fourth-order valence-electron chi connectivity index (χ4n) is 4.92. The third kappa shape index (κ3) is 2.72. The molecule has 6 rings (SSSR count). The smallest absolute Gasteiger partial charge is 0.351 e. The van der Waals surface area contributed by atoms with Crippen molar-refractivity contribution in [1.29, 1.82) is 0 Å². The van der Waals surface area contributed by atoms with E-state index in [4.69, 9.17) is 10.5 Å². The van der Waals surface area contributed by atoms with Crippen molar-refractivity contribution < 1.29 is 14.9 Å². The first-order chi connectivity index (χ1) is 15.5. The largest absolute Gasteiger partial charge is 0.394 e. The molecule has 7 heteroatoms. The van der Waals surface area contributed by atoms with E-state index in [1.807, 2.05) is 6.07 Å². The van der Waals surface area contributed by atoms with Gasteiger partial charge in [0.2, 0.25) is 0 Å². The monoisotopic (exact) mass is 427 g/mol. The van der Waals surface area contributed by atoms with Crippen molar-refractivity contribution >= 4 is 38.1 Å². The summed E-state index contributed by atoms with van der Waals surface area (Å²) in [6.45, 7) is -0.323. The molecule has 0 radical (unpaired) electrons. The van der Waals surface area contributed by atoms with Crippen LogP contribution in [0.3, 0.4) is 0 Å². The van der Waals surface area contributed by atoms with Crippen LogP contribution in [0.5, 0.6) is 0 Å². The van der Waals surface area contributed by atoms with Crippen LogP contribution in [-0.2, 0) is 4.74 Å². The Morgan fingerprint density at radius 2 is 1.69 bits per heavy atom. The van der Waals surface area contributed by atoms with Gasteiger partial charge in [0.05, 0.1) is 12.7 Å². The van der Waals surface area contributed by atoms with Crippen molar-refractivity contribution in [2.24, 2.45) is 0 Å². The molecule has 1 aliphatic heterocycles. The Morgan fingerprint density at radius 3 is 2.41 bits per heavy atom. The zero-order valence-corrected chi connectivity index (χ0v) is 17.1. The standard InChI is InChI=1S/C25H21N3O4/c26-24-18(11-28(25(31)27-24)21-10-19(30)20(12-29)32-21)16-8-6-15-5-4-13-2-1-3-14-7-9-17(16)23(15)22(13)14/h1-9,11,19-21,29-30H,10,12H2,(H2,26,27,31)/t19-,20+,21+/m0/s1. The molecular formula is C25H21N3O4. The second-order valence-corrected chi connectivity index (χ2v) is 8.31. The highest BCUT2D eigenvalue weighted by molar-refractivity contribution is 6.25. The lowest BCUT2D eigenvalue weighted by Gasteiger charge is -2.18. The molecule has 1 aromatic heterocycles.